The van der Waals surface area contributed by atoms with Gasteiger partial charge in [0.05, 0.1) is 17.3 Å². The highest BCUT2D eigenvalue weighted by atomic mass is 32.1. The summed E-state index contributed by atoms with van der Waals surface area (Å²) >= 11 is 1.41. The zero-order valence-electron chi connectivity index (χ0n) is 10.6. The zero-order valence-corrected chi connectivity index (χ0v) is 11.4. The van der Waals surface area contributed by atoms with Crippen LogP contribution in [0.15, 0.2) is 42.0 Å². The van der Waals surface area contributed by atoms with Crippen LogP contribution in [-0.4, -0.2) is 27.0 Å². The molecule has 0 spiro atoms. The first-order valence-electron chi connectivity index (χ1n) is 6.18. The molecule has 0 fully saturated rings. The number of benzene rings is 1. The van der Waals surface area contributed by atoms with Gasteiger partial charge in [0.15, 0.2) is 0 Å². The zero-order chi connectivity index (χ0) is 14.4. The normalized spacial score (nSPS) is 13.8. The average Bonchev–Trinajstić information content (AvgIpc) is 3.21. The summed E-state index contributed by atoms with van der Waals surface area (Å²) in [6.07, 6.45) is 3.13. The molecule has 21 heavy (non-hydrogen) atoms. The molecular weight excluding hydrogens is 288 g/mol. The summed E-state index contributed by atoms with van der Waals surface area (Å²) in [5, 5.41) is 9.26. The summed E-state index contributed by atoms with van der Waals surface area (Å²) in [4.78, 5) is 30.3. The highest BCUT2D eigenvalue weighted by Crippen LogP contribution is 2.34. The van der Waals surface area contributed by atoms with Crippen LogP contribution in [0.2, 0.25) is 0 Å². The first kappa shape index (κ1) is 12.0. The molecule has 0 saturated heterocycles. The Balaban J connectivity index is 1.85. The number of carbonyl (C=O) groups excluding carboxylic acids is 2. The summed E-state index contributed by atoms with van der Waals surface area (Å²) in [6, 6.07) is 6.78. The van der Waals surface area contributed by atoms with E-state index in [-0.39, 0.29) is 11.8 Å². The topological polar surface area (TPSA) is 79.0 Å². The van der Waals surface area contributed by atoms with Crippen LogP contribution in [0.25, 0.3) is 10.7 Å². The number of imide groups is 1. The number of anilines is 1. The minimum Gasteiger partial charge on any atom is -0.273 e. The lowest BCUT2D eigenvalue weighted by Crippen LogP contribution is -2.29. The molecule has 2 amide bonds. The maximum Gasteiger partial charge on any atom is 0.266 e. The lowest BCUT2D eigenvalue weighted by molar-refractivity contribution is 0.0926. The number of carbonyl (C=O) groups is 2. The molecule has 0 bridgehead atoms. The lowest BCUT2D eigenvalue weighted by Gasteiger charge is -2.12. The quantitative estimate of drug-likeness (QED) is 0.736. The molecule has 0 atom stereocenters. The molecule has 7 heteroatoms. The number of amides is 2. The van der Waals surface area contributed by atoms with Crippen molar-refractivity contribution in [1.29, 1.82) is 0 Å². The van der Waals surface area contributed by atoms with Crippen molar-refractivity contribution in [2.45, 2.75) is 0 Å². The van der Waals surface area contributed by atoms with E-state index in [2.05, 4.69) is 15.2 Å². The van der Waals surface area contributed by atoms with Crippen LogP contribution in [0.4, 0.5) is 5.69 Å². The van der Waals surface area contributed by atoms with Crippen molar-refractivity contribution in [1.82, 2.24) is 15.2 Å². The number of nitrogens with zero attached hydrogens (tertiary/aromatic N) is 3. The first-order valence-corrected chi connectivity index (χ1v) is 7.06. The molecule has 1 aliphatic rings. The maximum absolute atomic E-state index is 12.5. The fraction of sp³-hybridized carbons (Fsp3) is 0. The fourth-order valence-electron chi connectivity index (χ4n) is 2.36. The van der Waals surface area contributed by atoms with Crippen molar-refractivity contribution in [3.8, 4) is 10.7 Å². The number of H-pyrrole nitrogens is 1. The number of hydrogen-bond acceptors (Lipinski definition) is 5. The molecule has 6 nitrogen and oxygen atoms in total. The van der Waals surface area contributed by atoms with Gasteiger partial charge in [-0.2, -0.15) is 5.10 Å². The Morgan fingerprint density at radius 2 is 1.81 bits per heavy atom. The van der Waals surface area contributed by atoms with E-state index >= 15 is 0 Å². The predicted molar refractivity (Wildman–Crippen MR) is 77.3 cm³/mol. The number of nitrogens with one attached hydrogen (secondary N) is 1. The number of rotatable bonds is 2. The van der Waals surface area contributed by atoms with Crippen LogP contribution in [0.5, 0.6) is 0 Å². The Labute approximate surface area is 123 Å². The molecule has 1 N–H and O–H groups in total. The SMILES string of the molecule is O=C1c2ccccc2C(=O)N1c1cn[nH]c1-c1nccs1. The monoisotopic (exact) mass is 296 g/mol. The molecular formula is C14H8N4O2S. The van der Waals surface area contributed by atoms with E-state index in [1.807, 2.05) is 5.38 Å². The molecule has 2 aromatic heterocycles. The van der Waals surface area contributed by atoms with Gasteiger partial charge in [0, 0.05) is 11.6 Å². The van der Waals surface area contributed by atoms with Crippen LogP contribution >= 0.6 is 11.3 Å². The van der Waals surface area contributed by atoms with Gasteiger partial charge in [0.25, 0.3) is 11.8 Å². The second-order valence-electron chi connectivity index (χ2n) is 4.46. The Kier molecular flexibility index (Phi) is 2.48. The van der Waals surface area contributed by atoms with E-state index in [4.69, 9.17) is 0 Å². The smallest absolute Gasteiger partial charge is 0.266 e. The maximum atomic E-state index is 12.5. The van der Waals surface area contributed by atoms with Gasteiger partial charge in [0.1, 0.15) is 16.4 Å². The summed E-state index contributed by atoms with van der Waals surface area (Å²) in [6.45, 7) is 0. The van der Waals surface area contributed by atoms with Crippen LogP contribution in [0, 0.1) is 0 Å². The highest BCUT2D eigenvalue weighted by Gasteiger charge is 2.38. The van der Waals surface area contributed by atoms with E-state index in [0.29, 0.717) is 27.5 Å². The van der Waals surface area contributed by atoms with E-state index in [9.17, 15) is 9.59 Å². The van der Waals surface area contributed by atoms with E-state index < -0.39 is 0 Å². The molecule has 0 radical (unpaired) electrons. The van der Waals surface area contributed by atoms with Gasteiger partial charge in [-0.15, -0.1) is 11.3 Å². The van der Waals surface area contributed by atoms with Gasteiger partial charge in [-0.05, 0) is 12.1 Å². The van der Waals surface area contributed by atoms with Gasteiger partial charge < -0.3 is 0 Å². The van der Waals surface area contributed by atoms with E-state index in [1.54, 1.807) is 30.5 Å². The third kappa shape index (κ3) is 1.64. The number of aromatic amines is 1. The van der Waals surface area contributed by atoms with Gasteiger partial charge in [-0.25, -0.2) is 9.88 Å². The minimum atomic E-state index is -0.338. The van der Waals surface area contributed by atoms with Crippen molar-refractivity contribution >= 4 is 28.8 Å². The fourth-order valence-corrected chi connectivity index (χ4v) is 3.00. The standard InChI is InChI=1S/C14H8N4O2S/c19-13-8-3-1-2-4-9(8)14(20)18(13)10-7-16-17-11(10)12-15-5-6-21-12/h1-7H,(H,16,17). The average molecular weight is 296 g/mol. The summed E-state index contributed by atoms with van der Waals surface area (Å²) in [5.74, 6) is -0.676. The van der Waals surface area contributed by atoms with Gasteiger partial charge in [-0.3, -0.25) is 14.7 Å². The van der Waals surface area contributed by atoms with E-state index in [1.165, 1.54) is 17.5 Å². The minimum absolute atomic E-state index is 0.338. The Morgan fingerprint density at radius 3 is 2.43 bits per heavy atom. The van der Waals surface area contributed by atoms with Crippen LogP contribution in [0.3, 0.4) is 0 Å². The second-order valence-corrected chi connectivity index (χ2v) is 5.35. The third-order valence-corrected chi connectivity index (χ3v) is 4.09. The Hall–Kier alpha value is -2.80. The molecule has 4 rings (SSSR count). The number of hydrogen-bond donors (Lipinski definition) is 1. The third-order valence-electron chi connectivity index (χ3n) is 3.30. The van der Waals surface area contributed by atoms with Crippen LogP contribution < -0.4 is 4.90 Å². The van der Waals surface area contributed by atoms with Crippen molar-refractivity contribution in [3.63, 3.8) is 0 Å². The summed E-state index contributed by atoms with van der Waals surface area (Å²) in [5.41, 5.74) is 1.82. The molecule has 0 unspecified atom stereocenters. The lowest BCUT2D eigenvalue weighted by atomic mass is 10.1. The Morgan fingerprint density at radius 1 is 1.10 bits per heavy atom. The van der Waals surface area contributed by atoms with Crippen molar-refractivity contribution < 1.29 is 9.59 Å². The molecule has 1 aromatic carbocycles. The first-order chi connectivity index (χ1) is 10.3. The molecule has 0 saturated carbocycles. The molecule has 0 aliphatic carbocycles. The van der Waals surface area contributed by atoms with Crippen molar-refractivity contribution in [2.75, 3.05) is 4.90 Å². The second kappa shape index (κ2) is 4.35. The van der Waals surface area contributed by atoms with Crippen molar-refractivity contribution in [2.24, 2.45) is 0 Å². The van der Waals surface area contributed by atoms with Crippen LogP contribution in [0.1, 0.15) is 20.7 Å². The molecule has 3 aromatic rings. The number of fused-ring (bicyclic) bond motifs is 1. The molecule has 102 valence electrons. The predicted octanol–water partition coefficient (Wildman–Crippen LogP) is 2.33. The van der Waals surface area contributed by atoms with Crippen molar-refractivity contribution in [3.05, 3.63) is 53.2 Å². The number of aromatic nitrogens is 3. The Bertz CT molecular complexity index is 819. The van der Waals surface area contributed by atoms with Gasteiger partial charge in [-0.1, -0.05) is 12.1 Å². The van der Waals surface area contributed by atoms with Gasteiger partial charge >= 0.3 is 0 Å². The van der Waals surface area contributed by atoms with Crippen LogP contribution in [-0.2, 0) is 0 Å². The highest BCUT2D eigenvalue weighted by molar-refractivity contribution is 7.13. The van der Waals surface area contributed by atoms with Gasteiger partial charge in [0.2, 0.25) is 0 Å². The van der Waals surface area contributed by atoms with E-state index in [0.717, 1.165) is 4.90 Å². The number of thiazole rings is 1. The largest absolute Gasteiger partial charge is 0.273 e. The summed E-state index contributed by atoms with van der Waals surface area (Å²) < 4.78 is 0. The summed E-state index contributed by atoms with van der Waals surface area (Å²) in [7, 11) is 0. The molecule has 1 aliphatic heterocycles. The molecule has 3 heterocycles.